The number of aliphatic hydroxyl groups is 3. The normalized spacial score (nSPS) is 22.6. The zero-order chi connectivity index (χ0) is 28.3. The summed E-state index contributed by atoms with van der Waals surface area (Å²) in [7, 11) is 0. The molecule has 2 unspecified atom stereocenters. The second kappa shape index (κ2) is 12.5. The molecular weight excluding hydrogens is 522 g/mol. The van der Waals surface area contributed by atoms with Crippen molar-refractivity contribution in [1.82, 2.24) is 25.3 Å². The van der Waals surface area contributed by atoms with E-state index in [2.05, 4.69) is 25.9 Å². The van der Waals surface area contributed by atoms with Gasteiger partial charge < -0.3 is 36.0 Å². The lowest BCUT2D eigenvalue weighted by Crippen LogP contribution is -2.43. The molecule has 1 aliphatic rings. The summed E-state index contributed by atoms with van der Waals surface area (Å²) < 4.78 is 6.47. The maximum atomic E-state index is 12.2. The fourth-order valence-electron chi connectivity index (χ4n) is 4.82. The number of aliphatic hydroxyl groups excluding tert-OH is 3. The topological polar surface area (TPSA) is 175 Å². The second-order valence-corrected chi connectivity index (χ2v) is 10.8. The van der Waals surface area contributed by atoms with Crippen LogP contribution in [-0.2, 0) is 9.53 Å². The number of amides is 1. The lowest BCUT2D eigenvalue weighted by atomic mass is 9.97. The molecule has 0 spiro atoms. The minimum Gasteiger partial charge on any atom is -0.390 e. The minimum atomic E-state index is -1.45. The Bertz CT molecular complexity index is 1310. The van der Waals surface area contributed by atoms with Gasteiger partial charge in [-0.15, -0.1) is 11.3 Å². The Kier molecular flexibility index (Phi) is 9.28. The van der Waals surface area contributed by atoms with Gasteiger partial charge >= 0.3 is 0 Å². The number of carbonyl (C=O) groups is 1. The molecule has 1 aliphatic carbocycles. The highest BCUT2D eigenvalue weighted by Crippen LogP contribution is 2.39. The van der Waals surface area contributed by atoms with E-state index in [0.717, 1.165) is 15.9 Å². The number of fused-ring (bicyclic) bond motifs is 1. The van der Waals surface area contributed by atoms with Crippen molar-refractivity contribution in [2.45, 2.75) is 71.4 Å². The molecule has 1 fully saturated rings. The summed E-state index contributed by atoms with van der Waals surface area (Å²) in [5.41, 5.74) is 2.92. The van der Waals surface area contributed by atoms with E-state index in [1.807, 2.05) is 33.8 Å². The number of aryl methyl sites for hydroxylation is 2. The number of anilines is 2. The molecule has 3 heterocycles. The van der Waals surface area contributed by atoms with E-state index in [-0.39, 0.29) is 12.5 Å². The first-order valence-electron chi connectivity index (χ1n) is 13.2. The van der Waals surface area contributed by atoms with E-state index >= 15 is 0 Å². The van der Waals surface area contributed by atoms with Crippen LogP contribution in [-0.4, -0.2) is 91.3 Å². The minimum absolute atomic E-state index is 0.0604. The summed E-state index contributed by atoms with van der Waals surface area (Å²) >= 11 is 1.48. The molecule has 212 valence electrons. The number of pyridine rings is 1. The van der Waals surface area contributed by atoms with Crippen molar-refractivity contribution in [1.29, 1.82) is 0 Å². The lowest BCUT2D eigenvalue weighted by Gasteiger charge is -2.22. The fourth-order valence-corrected chi connectivity index (χ4v) is 5.93. The Morgan fingerprint density at radius 3 is 2.64 bits per heavy atom. The predicted molar refractivity (Wildman–Crippen MR) is 150 cm³/mol. The molecule has 3 aromatic heterocycles. The number of nitrogens with one attached hydrogen (secondary N) is 3. The van der Waals surface area contributed by atoms with Gasteiger partial charge in [-0.05, 0) is 47.1 Å². The van der Waals surface area contributed by atoms with Crippen molar-refractivity contribution in [2.24, 2.45) is 5.92 Å². The highest BCUT2D eigenvalue weighted by atomic mass is 32.1. The molecule has 6 N–H and O–H groups in total. The molecule has 0 aliphatic heterocycles. The molecule has 0 aromatic carbocycles. The molecule has 3 aromatic rings. The molecule has 0 saturated heterocycles. The SMILES string of the molecule is CCNC(=O)C(O)[C@H]1CC(Nc2nc(N[C@H](C)COCC)nc(C)c2-c2nc3c(C)nccc3s2)[C@H](O)[C@@H]1O. The smallest absolute Gasteiger partial charge is 0.249 e. The average Bonchev–Trinajstić information content (AvgIpc) is 3.44. The Balaban J connectivity index is 1.70. The summed E-state index contributed by atoms with van der Waals surface area (Å²) in [4.78, 5) is 30.8. The van der Waals surface area contributed by atoms with Crippen LogP contribution in [0.25, 0.3) is 20.8 Å². The number of carbonyl (C=O) groups excluding carboxylic acids is 1. The van der Waals surface area contributed by atoms with E-state index in [4.69, 9.17) is 14.7 Å². The highest BCUT2D eigenvalue weighted by Gasteiger charge is 2.47. The van der Waals surface area contributed by atoms with E-state index in [0.29, 0.717) is 47.8 Å². The summed E-state index contributed by atoms with van der Waals surface area (Å²) in [5.74, 6) is -0.642. The number of likely N-dealkylation sites (N-methyl/N-ethyl adjacent to an activating group) is 1. The van der Waals surface area contributed by atoms with E-state index < -0.39 is 36.2 Å². The Hall–Kier alpha value is -2.97. The second-order valence-electron chi connectivity index (χ2n) is 9.79. The maximum absolute atomic E-state index is 12.2. The summed E-state index contributed by atoms with van der Waals surface area (Å²) in [6.07, 6.45) is -2.10. The van der Waals surface area contributed by atoms with Crippen molar-refractivity contribution < 1.29 is 24.9 Å². The molecule has 6 atom stereocenters. The Labute approximate surface area is 231 Å². The van der Waals surface area contributed by atoms with Gasteiger partial charge in [0.15, 0.2) is 0 Å². The van der Waals surface area contributed by atoms with Crippen LogP contribution in [0, 0.1) is 19.8 Å². The van der Waals surface area contributed by atoms with Crippen LogP contribution in [0.4, 0.5) is 11.8 Å². The van der Waals surface area contributed by atoms with Crippen molar-refractivity contribution in [3.8, 4) is 10.6 Å². The van der Waals surface area contributed by atoms with Crippen molar-refractivity contribution >= 4 is 39.2 Å². The van der Waals surface area contributed by atoms with E-state index in [9.17, 15) is 20.1 Å². The molecule has 1 amide bonds. The third-order valence-corrected chi connectivity index (χ3v) is 7.85. The van der Waals surface area contributed by atoms with Crippen LogP contribution in [0.3, 0.4) is 0 Å². The first-order valence-corrected chi connectivity index (χ1v) is 14.0. The van der Waals surface area contributed by atoms with Gasteiger partial charge in [0.2, 0.25) is 11.9 Å². The van der Waals surface area contributed by atoms with Crippen molar-refractivity contribution in [3.05, 3.63) is 23.7 Å². The average molecular weight is 560 g/mol. The largest absolute Gasteiger partial charge is 0.390 e. The number of ether oxygens (including phenoxy) is 1. The van der Waals surface area contributed by atoms with Gasteiger partial charge in [0.1, 0.15) is 28.6 Å². The monoisotopic (exact) mass is 559 g/mol. The number of aromatic nitrogens is 4. The molecule has 12 nitrogen and oxygen atoms in total. The van der Waals surface area contributed by atoms with E-state index in [1.165, 1.54) is 11.3 Å². The number of thiazole rings is 1. The van der Waals surface area contributed by atoms with Crippen LogP contribution in [0.2, 0.25) is 0 Å². The molecule has 0 bridgehead atoms. The molecular formula is C26H37N7O5S. The van der Waals surface area contributed by atoms with Gasteiger partial charge in [0.25, 0.3) is 0 Å². The quantitative estimate of drug-likeness (QED) is 0.201. The van der Waals surface area contributed by atoms with E-state index in [1.54, 1.807) is 13.1 Å². The first kappa shape index (κ1) is 29.0. The third kappa shape index (κ3) is 6.28. The zero-order valence-corrected chi connectivity index (χ0v) is 23.6. The number of hydrogen-bond acceptors (Lipinski definition) is 12. The number of nitrogens with zero attached hydrogens (tertiary/aromatic N) is 4. The van der Waals surface area contributed by atoms with Gasteiger partial charge in [-0.25, -0.2) is 9.97 Å². The van der Waals surface area contributed by atoms with Crippen molar-refractivity contribution in [3.63, 3.8) is 0 Å². The molecule has 39 heavy (non-hydrogen) atoms. The standard InChI is InChI=1S/C26H37N7O5S/c1-6-27-24(37)21(35)15-10-16(22(36)20(15)34)31-23-18(25-32-19-14(5)28-9-8-17(19)39-25)13(4)30-26(33-23)29-12(3)11-38-7-2/h8-9,12,15-16,20-22,34-36H,6-7,10-11H2,1-5H3,(H,27,37)(H2,29,30,31,33)/t12-,15+,16?,20-,21?,22+/m1/s1. The highest BCUT2D eigenvalue weighted by molar-refractivity contribution is 7.21. The molecule has 0 radical (unpaired) electrons. The molecule has 4 rings (SSSR count). The van der Waals surface area contributed by atoms with Crippen LogP contribution >= 0.6 is 11.3 Å². The van der Waals surface area contributed by atoms with Gasteiger partial charge in [-0.2, -0.15) is 4.98 Å². The van der Waals surface area contributed by atoms with Crippen LogP contribution < -0.4 is 16.0 Å². The summed E-state index contributed by atoms with van der Waals surface area (Å²) in [6.45, 7) is 10.8. The predicted octanol–water partition coefficient (Wildman–Crippen LogP) is 1.62. The Morgan fingerprint density at radius 2 is 1.95 bits per heavy atom. The maximum Gasteiger partial charge on any atom is 0.249 e. The first-order chi connectivity index (χ1) is 18.6. The molecule has 13 heteroatoms. The van der Waals surface area contributed by atoms with Crippen LogP contribution in [0.5, 0.6) is 0 Å². The van der Waals surface area contributed by atoms with Gasteiger partial charge in [0, 0.05) is 31.3 Å². The molecule has 1 saturated carbocycles. The van der Waals surface area contributed by atoms with Gasteiger partial charge in [-0.3, -0.25) is 9.78 Å². The lowest BCUT2D eigenvalue weighted by molar-refractivity contribution is -0.134. The van der Waals surface area contributed by atoms with Gasteiger partial charge in [0.05, 0.1) is 40.4 Å². The van der Waals surface area contributed by atoms with Crippen molar-refractivity contribution in [2.75, 3.05) is 30.4 Å². The zero-order valence-electron chi connectivity index (χ0n) is 22.8. The Morgan fingerprint density at radius 1 is 1.18 bits per heavy atom. The summed E-state index contributed by atoms with van der Waals surface area (Å²) in [6, 6.07) is 1.16. The number of hydrogen-bond donors (Lipinski definition) is 6. The number of rotatable bonds is 11. The van der Waals surface area contributed by atoms with Crippen LogP contribution in [0.15, 0.2) is 12.3 Å². The van der Waals surface area contributed by atoms with Gasteiger partial charge in [-0.1, -0.05) is 0 Å². The van der Waals surface area contributed by atoms with Crippen LogP contribution in [0.1, 0.15) is 38.6 Å². The summed E-state index contributed by atoms with van der Waals surface area (Å²) in [5, 5.41) is 41.9. The fraction of sp³-hybridized carbons (Fsp3) is 0.577. The third-order valence-electron chi connectivity index (χ3n) is 6.82.